The largest absolute Gasteiger partial charge is 0.345 e. The summed E-state index contributed by atoms with van der Waals surface area (Å²) >= 11 is 6.15. The van der Waals surface area contributed by atoms with Gasteiger partial charge in [0, 0.05) is 49.8 Å². The van der Waals surface area contributed by atoms with Crippen molar-refractivity contribution in [3.8, 4) is 17.3 Å². The van der Waals surface area contributed by atoms with Gasteiger partial charge in [-0.2, -0.15) is 5.26 Å². The lowest BCUT2D eigenvalue weighted by Crippen LogP contribution is -2.31. The molecule has 5 rings (SSSR count). The van der Waals surface area contributed by atoms with Crippen LogP contribution in [0.5, 0.6) is 0 Å². The van der Waals surface area contributed by atoms with Crippen molar-refractivity contribution in [1.29, 1.82) is 5.26 Å². The topological polar surface area (TPSA) is 115 Å². The molecule has 194 valence electrons. The number of pyridine rings is 1. The molecule has 1 aliphatic heterocycles. The molecule has 0 fully saturated rings. The molecule has 4 aromatic rings. The first-order valence-corrected chi connectivity index (χ1v) is 12.6. The number of hydrogen-bond acceptors (Lipinski definition) is 7. The first kappa shape index (κ1) is 25.8. The SMILES string of the molecule is CN(C)C(=O)c1ccc(Nc2nccc(-c3cc(C#N)c4c(c3)CCN4C(=O)Cc3cccnc3Cl)n2)cc1. The van der Waals surface area contributed by atoms with Crippen LogP contribution in [-0.2, 0) is 17.6 Å². The molecule has 2 amide bonds. The fraction of sp³-hybridized carbons (Fsp3) is 0.172. The Bertz CT molecular complexity index is 1610. The molecule has 0 saturated heterocycles. The molecule has 10 heteroatoms. The fourth-order valence-electron chi connectivity index (χ4n) is 4.50. The van der Waals surface area contributed by atoms with E-state index in [9.17, 15) is 14.9 Å². The molecular formula is C29H24ClN7O2. The van der Waals surface area contributed by atoms with Crippen molar-refractivity contribution < 1.29 is 9.59 Å². The molecule has 9 nitrogen and oxygen atoms in total. The van der Waals surface area contributed by atoms with E-state index in [2.05, 4.69) is 26.3 Å². The van der Waals surface area contributed by atoms with Crippen LogP contribution in [0.15, 0.2) is 67.0 Å². The minimum atomic E-state index is -0.139. The minimum absolute atomic E-state index is 0.0779. The van der Waals surface area contributed by atoms with E-state index in [1.165, 1.54) is 4.90 Å². The lowest BCUT2D eigenvalue weighted by Gasteiger charge is -2.19. The van der Waals surface area contributed by atoms with Crippen molar-refractivity contribution in [2.24, 2.45) is 0 Å². The molecule has 2 aromatic heterocycles. The van der Waals surface area contributed by atoms with Crippen LogP contribution in [0.3, 0.4) is 0 Å². The Morgan fingerprint density at radius 3 is 2.62 bits per heavy atom. The first-order chi connectivity index (χ1) is 18.8. The van der Waals surface area contributed by atoms with Crippen LogP contribution in [-0.4, -0.2) is 52.3 Å². The van der Waals surface area contributed by atoms with Crippen molar-refractivity contribution in [1.82, 2.24) is 19.9 Å². The fourth-order valence-corrected chi connectivity index (χ4v) is 4.69. The average molecular weight is 538 g/mol. The molecule has 2 aromatic carbocycles. The normalized spacial score (nSPS) is 12.0. The molecule has 1 aliphatic rings. The Morgan fingerprint density at radius 1 is 1.10 bits per heavy atom. The summed E-state index contributed by atoms with van der Waals surface area (Å²) in [5.41, 5.74) is 5.29. The molecule has 1 N–H and O–H groups in total. The van der Waals surface area contributed by atoms with Gasteiger partial charge in [0.15, 0.2) is 0 Å². The number of nitrogens with one attached hydrogen (secondary N) is 1. The van der Waals surface area contributed by atoms with Gasteiger partial charge in [0.2, 0.25) is 11.9 Å². The summed E-state index contributed by atoms with van der Waals surface area (Å²) in [4.78, 5) is 41.4. The zero-order valence-electron chi connectivity index (χ0n) is 21.3. The average Bonchev–Trinajstić information content (AvgIpc) is 3.38. The Morgan fingerprint density at radius 2 is 1.90 bits per heavy atom. The third-order valence-corrected chi connectivity index (χ3v) is 6.75. The van der Waals surface area contributed by atoms with Crippen LogP contribution in [0.4, 0.5) is 17.3 Å². The number of nitrogens with zero attached hydrogens (tertiary/aromatic N) is 6. The van der Waals surface area contributed by atoms with Crippen LogP contribution >= 0.6 is 11.6 Å². The predicted octanol–water partition coefficient (Wildman–Crippen LogP) is 4.64. The van der Waals surface area contributed by atoms with Gasteiger partial charge in [0.25, 0.3) is 5.91 Å². The number of nitriles is 1. The molecular weight excluding hydrogens is 514 g/mol. The van der Waals surface area contributed by atoms with Gasteiger partial charge in [-0.05, 0) is 66.1 Å². The molecule has 0 bridgehead atoms. The summed E-state index contributed by atoms with van der Waals surface area (Å²) in [6, 6.07) is 18.3. The highest BCUT2D eigenvalue weighted by Gasteiger charge is 2.29. The molecule has 0 aliphatic carbocycles. The predicted molar refractivity (Wildman–Crippen MR) is 149 cm³/mol. The third-order valence-electron chi connectivity index (χ3n) is 6.41. The number of rotatable bonds is 6. The van der Waals surface area contributed by atoms with Crippen LogP contribution in [0, 0.1) is 11.3 Å². The molecule has 0 atom stereocenters. The third kappa shape index (κ3) is 5.42. The maximum Gasteiger partial charge on any atom is 0.253 e. The maximum atomic E-state index is 13.1. The monoisotopic (exact) mass is 537 g/mol. The number of halogens is 1. The van der Waals surface area contributed by atoms with Crippen LogP contribution < -0.4 is 10.2 Å². The number of carbonyl (C=O) groups is 2. The Hall–Kier alpha value is -4.81. The second-order valence-electron chi connectivity index (χ2n) is 9.24. The number of hydrogen-bond donors (Lipinski definition) is 1. The lowest BCUT2D eigenvalue weighted by molar-refractivity contribution is -0.117. The van der Waals surface area contributed by atoms with Gasteiger partial charge in [-0.15, -0.1) is 0 Å². The highest BCUT2D eigenvalue weighted by Crippen LogP contribution is 2.36. The zero-order chi connectivity index (χ0) is 27.5. The summed E-state index contributed by atoms with van der Waals surface area (Å²) in [5.74, 6) is 0.161. The van der Waals surface area contributed by atoms with Gasteiger partial charge >= 0.3 is 0 Å². The van der Waals surface area contributed by atoms with E-state index in [4.69, 9.17) is 11.6 Å². The van der Waals surface area contributed by atoms with E-state index >= 15 is 0 Å². The lowest BCUT2D eigenvalue weighted by atomic mass is 10.0. The van der Waals surface area contributed by atoms with Gasteiger partial charge in [0.1, 0.15) is 11.2 Å². The minimum Gasteiger partial charge on any atom is -0.345 e. The number of benzene rings is 2. The molecule has 0 spiro atoms. The van der Waals surface area contributed by atoms with Crippen molar-refractivity contribution in [2.75, 3.05) is 30.9 Å². The molecule has 0 unspecified atom stereocenters. The summed E-state index contributed by atoms with van der Waals surface area (Å²) in [5, 5.41) is 13.4. The smallest absolute Gasteiger partial charge is 0.253 e. The Labute approximate surface area is 230 Å². The van der Waals surface area contributed by atoms with E-state index in [-0.39, 0.29) is 18.2 Å². The standard InChI is InChI=1S/C29H24ClN7O2/c1-36(2)28(39)18-5-7-23(8-6-18)34-29-33-12-9-24(35-29)21-14-19-10-13-37(26(19)22(15-21)17-31)25(38)16-20-4-3-11-32-27(20)30/h3-9,11-12,14-15H,10,13,16H2,1-2H3,(H,33,34,35). The number of aromatic nitrogens is 3. The number of fused-ring (bicyclic) bond motifs is 1. The molecule has 0 saturated carbocycles. The van der Waals surface area contributed by atoms with Gasteiger partial charge in [-0.25, -0.2) is 15.0 Å². The van der Waals surface area contributed by atoms with E-state index in [0.717, 1.165) is 16.8 Å². The maximum absolute atomic E-state index is 13.1. The van der Waals surface area contributed by atoms with Gasteiger partial charge < -0.3 is 15.1 Å². The number of carbonyl (C=O) groups excluding carboxylic acids is 2. The Balaban J connectivity index is 1.38. The van der Waals surface area contributed by atoms with Gasteiger partial charge in [-0.3, -0.25) is 9.59 Å². The van der Waals surface area contributed by atoms with E-state index in [0.29, 0.717) is 52.1 Å². The second-order valence-corrected chi connectivity index (χ2v) is 9.59. The highest BCUT2D eigenvalue weighted by atomic mass is 35.5. The highest BCUT2D eigenvalue weighted by molar-refractivity contribution is 6.30. The molecule has 0 radical (unpaired) electrons. The van der Waals surface area contributed by atoms with E-state index in [1.807, 2.05) is 6.07 Å². The van der Waals surface area contributed by atoms with Crippen molar-refractivity contribution in [3.05, 3.63) is 94.4 Å². The summed E-state index contributed by atoms with van der Waals surface area (Å²) in [6.45, 7) is 0.479. The van der Waals surface area contributed by atoms with Crippen molar-refractivity contribution in [3.63, 3.8) is 0 Å². The number of amides is 2. The molecule has 3 heterocycles. The quantitative estimate of drug-likeness (QED) is 0.356. The Kier molecular flexibility index (Phi) is 7.21. The summed E-state index contributed by atoms with van der Waals surface area (Å²) in [7, 11) is 3.41. The second kappa shape index (κ2) is 10.9. The van der Waals surface area contributed by atoms with Crippen LogP contribution in [0.1, 0.15) is 27.0 Å². The number of anilines is 3. The van der Waals surface area contributed by atoms with Gasteiger partial charge in [0.05, 0.1) is 23.4 Å². The summed E-state index contributed by atoms with van der Waals surface area (Å²) < 4.78 is 0. The molecule has 39 heavy (non-hydrogen) atoms. The van der Waals surface area contributed by atoms with E-state index in [1.54, 1.807) is 79.9 Å². The zero-order valence-corrected chi connectivity index (χ0v) is 22.1. The van der Waals surface area contributed by atoms with Gasteiger partial charge in [-0.1, -0.05) is 17.7 Å². The first-order valence-electron chi connectivity index (χ1n) is 12.2. The van der Waals surface area contributed by atoms with Crippen LogP contribution in [0.25, 0.3) is 11.3 Å². The van der Waals surface area contributed by atoms with E-state index < -0.39 is 0 Å². The summed E-state index contributed by atoms with van der Waals surface area (Å²) in [6.07, 6.45) is 3.94. The van der Waals surface area contributed by atoms with Crippen molar-refractivity contribution >= 4 is 40.7 Å². The van der Waals surface area contributed by atoms with Crippen molar-refractivity contribution in [2.45, 2.75) is 12.8 Å². The van der Waals surface area contributed by atoms with Crippen LogP contribution in [0.2, 0.25) is 5.15 Å².